The smallest absolute Gasteiger partial charge is 0.185 e. The molecule has 1 rings (SSSR count). The van der Waals surface area contributed by atoms with Gasteiger partial charge in [-0.25, -0.2) is 4.39 Å². The van der Waals surface area contributed by atoms with Crippen LogP contribution in [0.3, 0.4) is 0 Å². The Balaban J connectivity index is 2.70. The van der Waals surface area contributed by atoms with Gasteiger partial charge in [0.05, 0.1) is 18.8 Å². The highest BCUT2D eigenvalue weighted by atomic mass is 19.1. The summed E-state index contributed by atoms with van der Waals surface area (Å²) in [7, 11) is 4.53. The summed E-state index contributed by atoms with van der Waals surface area (Å²) in [6.07, 6.45) is 0.568. The van der Waals surface area contributed by atoms with Gasteiger partial charge in [-0.3, -0.25) is 0 Å². The first-order chi connectivity index (χ1) is 6.19. The molecule has 0 aromatic carbocycles. The van der Waals surface area contributed by atoms with E-state index < -0.39 is 17.9 Å². The number of ether oxygens (including phenoxy) is 3. The van der Waals surface area contributed by atoms with Crippen LogP contribution >= 0.6 is 0 Å². The predicted octanol–water partition coefficient (Wildman–Crippen LogP) is 1.16. The summed E-state index contributed by atoms with van der Waals surface area (Å²) in [5.74, 6) is 0. The van der Waals surface area contributed by atoms with Gasteiger partial charge in [-0.05, 0) is 12.8 Å². The van der Waals surface area contributed by atoms with E-state index >= 15 is 0 Å². The molecule has 0 amide bonds. The van der Waals surface area contributed by atoms with Crippen LogP contribution in [0.2, 0.25) is 0 Å². The van der Waals surface area contributed by atoms with Crippen molar-refractivity contribution >= 4 is 0 Å². The highest BCUT2D eigenvalue weighted by Gasteiger charge is 2.52. The average Bonchev–Trinajstić information content (AvgIpc) is 2.42. The minimum atomic E-state index is -1.49. The van der Waals surface area contributed by atoms with E-state index in [0.717, 1.165) is 0 Å². The quantitative estimate of drug-likeness (QED) is 0.669. The molecule has 0 N–H and O–H groups in total. The van der Waals surface area contributed by atoms with Crippen LogP contribution < -0.4 is 0 Å². The molecule has 0 radical (unpaired) electrons. The Kier molecular flexibility index (Phi) is 3.64. The third-order valence-electron chi connectivity index (χ3n) is 2.70. The van der Waals surface area contributed by atoms with Crippen molar-refractivity contribution in [2.45, 2.75) is 30.7 Å². The van der Waals surface area contributed by atoms with E-state index in [9.17, 15) is 4.39 Å². The lowest BCUT2D eigenvalue weighted by atomic mass is 10.0. The molecule has 0 heterocycles. The minimum absolute atomic E-state index is 0.0318. The number of methoxy groups -OCH3 is 3. The maximum Gasteiger partial charge on any atom is 0.185 e. The van der Waals surface area contributed by atoms with Crippen LogP contribution in [0, 0.1) is 0 Å². The van der Waals surface area contributed by atoms with Crippen molar-refractivity contribution in [3.63, 3.8) is 0 Å². The molecule has 0 aromatic rings. The first kappa shape index (κ1) is 10.9. The number of rotatable bonds is 4. The van der Waals surface area contributed by atoms with Crippen molar-refractivity contribution in [1.82, 2.24) is 0 Å². The SMILES string of the molecule is COCC1(F)[C@@H](OC)CC[C@@H]1OC. The highest BCUT2D eigenvalue weighted by Crippen LogP contribution is 2.37. The lowest BCUT2D eigenvalue weighted by molar-refractivity contribution is -0.113. The second kappa shape index (κ2) is 4.35. The molecule has 0 unspecified atom stereocenters. The van der Waals surface area contributed by atoms with Crippen LogP contribution in [0.15, 0.2) is 0 Å². The monoisotopic (exact) mass is 192 g/mol. The zero-order valence-corrected chi connectivity index (χ0v) is 8.38. The van der Waals surface area contributed by atoms with E-state index in [1.807, 2.05) is 0 Å². The third-order valence-corrected chi connectivity index (χ3v) is 2.70. The maximum atomic E-state index is 14.3. The summed E-state index contributed by atoms with van der Waals surface area (Å²) in [4.78, 5) is 0. The standard InChI is InChI=1S/C9H17FO3/c1-11-6-9(10)7(12-2)4-5-8(9)13-3/h7-8H,4-6H2,1-3H3/t7-,8-/m0/s1. The van der Waals surface area contributed by atoms with E-state index in [2.05, 4.69) is 0 Å². The molecule has 2 atom stereocenters. The fourth-order valence-electron chi connectivity index (χ4n) is 2.02. The minimum Gasteiger partial charge on any atom is -0.381 e. The molecule has 0 saturated heterocycles. The zero-order valence-electron chi connectivity index (χ0n) is 8.38. The molecular weight excluding hydrogens is 175 g/mol. The summed E-state index contributed by atoms with van der Waals surface area (Å²) >= 11 is 0. The van der Waals surface area contributed by atoms with E-state index in [1.54, 1.807) is 0 Å². The van der Waals surface area contributed by atoms with Crippen molar-refractivity contribution in [3.8, 4) is 0 Å². The summed E-state index contributed by atoms with van der Waals surface area (Å²) in [6.45, 7) is 0.0318. The molecule has 0 bridgehead atoms. The van der Waals surface area contributed by atoms with Gasteiger partial charge < -0.3 is 14.2 Å². The van der Waals surface area contributed by atoms with Gasteiger partial charge in [0, 0.05) is 21.3 Å². The largest absolute Gasteiger partial charge is 0.381 e. The van der Waals surface area contributed by atoms with Crippen LogP contribution in [0.4, 0.5) is 4.39 Å². The highest BCUT2D eigenvalue weighted by molar-refractivity contribution is 5.01. The molecule has 1 aliphatic carbocycles. The first-order valence-corrected chi connectivity index (χ1v) is 4.42. The Bertz CT molecular complexity index is 151. The molecule has 3 nitrogen and oxygen atoms in total. The topological polar surface area (TPSA) is 27.7 Å². The van der Waals surface area contributed by atoms with Crippen LogP contribution in [-0.2, 0) is 14.2 Å². The Morgan fingerprint density at radius 3 is 1.92 bits per heavy atom. The van der Waals surface area contributed by atoms with Crippen molar-refractivity contribution in [2.75, 3.05) is 27.9 Å². The van der Waals surface area contributed by atoms with Gasteiger partial charge in [0.25, 0.3) is 0 Å². The van der Waals surface area contributed by atoms with Crippen molar-refractivity contribution in [2.24, 2.45) is 0 Å². The maximum absolute atomic E-state index is 14.3. The number of halogens is 1. The molecule has 4 heteroatoms. The Hall–Kier alpha value is -0.190. The van der Waals surface area contributed by atoms with Gasteiger partial charge in [-0.1, -0.05) is 0 Å². The predicted molar refractivity (Wildman–Crippen MR) is 46.5 cm³/mol. The second-order valence-corrected chi connectivity index (χ2v) is 3.39. The van der Waals surface area contributed by atoms with E-state index in [-0.39, 0.29) is 6.61 Å². The zero-order chi connectivity index (χ0) is 9.90. The summed E-state index contributed by atoms with van der Waals surface area (Å²) < 4.78 is 29.3. The fourth-order valence-corrected chi connectivity index (χ4v) is 2.02. The molecule has 1 aliphatic rings. The molecule has 1 saturated carbocycles. The Labute approximate surface area is 78.2 Å². The molecule has 1 fully saturated rings. The average molecular weight is 192 g/mol. The number of alkyl halides is 1. The summed E-state index contributed by atoms with van der Waals surface area (Å²) in [5.41, 5.74) is -1.49. The fraction of sp³-hybridized carbons (Fsp3) is 1.00. The van der Waals surface area contributed by atoms with Crippen LogP contribution in [0.5, 0.6) is 0 Å². The molecular formula is C9H17FO3. The van der Waals surface area contributed by atoms with Crippen molar-refractivity contribution in [3.05, 3.63) is 0 Å². The van der Waals surface area contributed by atoms with Gasteiger partial charge in [0.2, 0.25) is 0 Å². The Morgan fingerprint density at radius 1 is 1.15 bits per heavy atom. The Morgan fingerprint density at radius 2 is 1.62 bits per heavy atom. The van der Waals surface area contributed by atoms with E-state index in [4.69, 9.17) is 14.2 Å². The van der Waals surface area contributed by atoms with Gasteiger partial charge in [-0.2, -0.15) is 0 Å². The van der Waals surface area contributed by atoms with E-state index in [0.29, 0.717) is 12.8 Å². The second-order valence-electron chi connectivity index (χ2n) is 3.39. The van der Waals surface area contributed by atoms with Crippen LogP contribution in [-0.4, -0.2) is 45.8 Å². The van der Waals surface area contributed by atoms with Crippen LogP contribution in [0.1, 0.15) is 12.8 Å². The lowest BCUT2D eigenvalue weighted by Crippen LogP contribution is -2.47. The molecule has 78 valence electrons. The summed E-state index contributed by atoms with van der Waals surface area (Å²) in [6, 6.07) is 0. The normalized spacial score (nSPS) is 32.3. The molecule has 0 spiro atoms. The lowest BCUT2D eigenvalue weighted by Gasteiger charge is -2.30. The molecule has 0 aliphatic heterocycles. The van der Waals surface area contributed by atoms with Gasteiger partial charge in [0.1, 0.15) is 0 Å². The number of hydrogen-bond acceptors (Lipinski definition) is 3. The first-order valence-electron chi connectivity index (χ1n) is 4.42. The molecule has 0 aromatic heterocycles. The number of hydrogen-bond donors (Lipinski definition) is 0. The van der Waals surface area contributed by atoms with Gasteiger partial charge >= 0.3 is 0 Å². The van der Waals surface area contributed by atoms with Crippen molar-refractivity contribution in [1.29, 1.82) is 0 Å². The van der Waals surface area contributed by atoms with Crippen LogP contribution in [0.25, 0.3) is 0 Å². The third kappa shape index (κ3) is 1.85. The molecule has 13 heavy (non-hydrogen) atoms. The van der Waals surface area contributed by atoms with Gasteiger partial charge in [-0.15, -0.1) is 0 Å². The van der Waals surface area contributed by atoms with E-state index in [1.165, 1.54) is 21.3 Å². The van der Waals surface area contributed by atoms with Crippen molar-refractivity contribution < 1.29 is 18.6 Å². The summed E-state index contributed by atoms with van der Waals surface area (Å²) in [5, 5.41) is 0. The van der Waals surface area contributed by atoms with Gasteiger partial charge in [0.15, 0.2) is 5.67 Å².